The Morgan fingerprint density at radius 2 is 2.04 bits per heavy atom. The third-order valence-corrected chi connectivity index (χ3v) is 4.19. The molecule has 1 aliphatic heterocycles. The van der Waals surface area contributed by atoms with Crippen molar-refractivity contribution < 1.29 is 5.11 Å². The molecule has 0 saturated carbocycles. The van der Waals surface area contributed by atoms with Crippen LogP contribution in [-0.4, -0.2) is 61.8 Å². The normalized spacial score (nSPS) is 16.6. The van der Waals surface area contributed by atoms with E-state index in [0.717, 1.165) is 43.7 Å². The van der Waals surface area contributed by atoms with Gasteiger partial charge in [0, 0.05) is 56.6 Å². The fourth-order valence-electron chi connectivity index (χ4n) is 2.58. The van der Waals surface area contributed by atoms with Crippen molar-refractivity contribution in [2.75, 3.05) is 50.8 Å². The van der Waals surface area contributed by atoms with E-state index in [1.807, 2.05) is 25.1 Å². The number of anilines is 1. The SMILES string of the molecule is CCNC(=NCC(C)CO)N1CCN(c2cccc(Cl)c2)CC1.I. The van der Waals surface area contributed by atoms with Gasteiger partial charge in [0.15, 0.2) is 5.96 Å². The molecule has 1 fully saturated rings. The molecule has 136 valence electrons. The van der Waals surface area contributed by atoms with Gasteiger partial charge >= 0.3 is 0 Å². The summed E-state index contributed by atoms with van der Waals surface area (Å²) >= 11 is 6.08. The molecule has 2 rings (SSSR count). The van der Waals surface area contributed by atoms with Crippen LogP contribution in [0.5, 0.6) is 0 Å². The molecule has 7 heteroatoms. The van der Waals surface area contributed by atoms with Crippen molar-refractivity contribution in [2.45, 2.75) is 13.8 Å². The first-order chi connectivity index (χ1) is 11.1. The summed E-state index contributed by atoms with van der Waals surface area (Å²) < 4.78 is 0. The van der Waals surface area contributed by atoms with E-state index in [0.29, 0.717) is 6.54 Å². The maximum absolute atomic E-state index is 9.15. The van der Waals surface area contributed by atoms with Gasteiger partial charge in [-0.1, -0.05) is 24.6 Å². The molecule has 0 amide bonds. The Morgan fingerprint density at radius 1 is 1.33 bits per heavy atom. The number of piperazine rings is 1. The number of hydrogen-bond acceptors (Lipinski definition) is 3. The van der Waals surface area contributed by atoms with Crippen LogP contribution in [0, 0.1) is 5.92 Å². The number of aliphatic imine (C=N–C) groups is 1. The molecule has 0 aliphatic carbocycles. The molecule has 1 heterocycles. The predicted octanol–water partition coefficient (Wildman–Crippen LogP) is 2.67. The minimum absolute atomic E-state index is 0. The molecule has 0 aromatic heterocycles. The minimum atomic E-state index is 0. The van der Waals surface area contributed by atoms with Crippen LogP contribution >= 0.6 is 35.6 Å². The zero-order chi connectivity index (χ0) is 16.7. The highest BCUT2D eigenvalue weighted by Crippen LogP contribution is 2.20. The maximum Gasteiger partial charge on any atom is 0.194 e. The predicted molar refractivity (Wildman–Crippen MR) is 113 cm³/mol. The van der Waals surface area contributed by atoms with E-state index in [1.54, 1.807) is 0 Å². The van der Waals surface area contributed by atoms with Crippen LogP contribution in [0.2, 0.25) is 5.02 Å². The van der Waals surface area contributed by atoms with Crippen LogP contribution in [0.25, 0.3) is 0 Å². The molecule has 24 heavy (non-hydrogen) atoms. The van der Waals surface area contributed by atoms with Gasteiger partial charge in [0.1, 0.15) is 0 Å². The molecule has 0 bridgehead atoms. The summed E-state index contributed by atoms with van der Waals surface area (Å²) in [6.45, 7) is 9.48. The Kier molecular flexibility index (Phi) is 9.76. The summed E-state index contributed by atoms with van der Waals surface area (Å²) in [5.41, 5.74) is 1.17. The summed E-state index contributed by atoms with van der Waals surface area (Å²) in [6.07, 6.45) is 0. The van der Waals surface area contributed by atoms with E-state index in [2.05, 4.69) is 33.1 Å². The van der Waals surface area contributed by atoms with Gasteiger partial charge in [0.05, 0.1) is 0 Å². The Labute approximate surface area is 167 Å². The van der Waals surface area contributed by atoms with Crippen LogP contribution in [0.1, 0.15) is 13.8 Å². The molecule has 1 atom stereocenters. The number of nitrogens with zero attached hydrogens (tertiary/aromatic N) is 3. The standard InChI is InChI=1S/C17H27ClN4O.HI/c1-3-19-17(20-12-14(2)13-23)22-9-7-21(8-10-22)16-6-4-5-15(18)11-16;/h4-6,11,14,23H,3,7-10,12-13H2,1-2H3,(H,19,20);1H. The monoisotopic (exact) mass is 466 g/mol. The Morgan fingerprint density at radius 3 is 2.62 bits per heavy atom. The number of rotatable bonds is 5. The Hall–Kier alpha value is -0.730. The molecule has 5 nitrogen and oxygen atoms in total. The van der Waals surface area contributed by atoms with Crippen LogP contribution in [0.3, 0.4) is 0 Å². The molecule has 0 radical (unpaired) electrons. The van der Waals surface area contributed by atoms with Crippen molar-refractivity contribution in [1.82, 2.24) is 10.2 Å². The highest BCUT2D eigenvalue weighted by atomic mass is 127. The quantitative estimate of drug-likeness (QED) is 0.398. The van der Waals surface area contributed by atoms with Crippen LogP contribution in [0.4, 0.5) is 5.69 Å². The van der Waals surface area contributed by atoms with E-state index in [9.17, 15) is 0 Å². The van der Waals surface area contributed by atoms with E-state index in [1.165, 1.54) is 5.69 Å². The van der Waals surface area contributed by atoms with E-state index >= 15 is 0 Å². The van der Waals surface area contributed by atoms with Crippen LogP contribution < -0.4 is 10.2 Å². The number of halogens is 2. The third kappa shape index (κ3) is 6.29. The van der Waals surface area contributed by atoms with E-state index in [4.69, 9.17) is 16.7 Å². The van der Waals surface area contributed by atoms with Crippen molar-refractivity contribution in [1.29, 1.82) is 0 Å². The lowest BCUT2D eigenvalue weighted by Crippen LogP contribution is -2.52. The van der Waals surface area contributed by atoms with E-state index < -0.39 is 0 Å². The number of benzene rings is 1. The first-order valence-corrected chi connectivity index (χ1v) is 8.66. The second-order valence-electron chi connectivity index (χ2n) is 5.94. The number of aliphatic hydroxyl groups excluding tert-OH is 1. The summed E-state index contributed by atoms with van der Waals surface area (Å²) in [5.74, 6) is 1.13. The van der Waals surface area contributed by atoms with E-state index in [-0.39, 0.29) is 36.5 Å². The maximum atomic E-state index is 9.15. The summed E-state index contributed by atoms with van der Waals surface area (Å²) in [6, 6.07) is 8.01. The first kappa shape index (κ1) is 21.3. The number of guanidine groups is 1. The summed E-state index contributed by atoms with van der Waals surface area (Å²) in [7, 11) is 0. The lowest BCUT2D eigenvalue weighted by Gasteiger charge is -2.37. The molecular weight excluding hydrogens is 439 g/mol. The van der Waals surface area contributed by atoms with Gasteiger partial charge in [0.2, 0.25) is 0 Å². The van der Waals surface area contributed by atoms with Crippen LogP contribution in [0.15, 0.2) is 29.3 Å². The fraction of sp³-hybridized carbons (Fsp3) is 0.588. The Bertz CT molecular complexity index is 521. The van der Waals surface area contributed by atoms with Crippen LogP contribution in [-0.2, 0) is 0 Å². The molecule has 0 spiro atoms. The largest absolute Gasteiger partial charge is 0.396 e. The number of aliphatic hydroxyl groups is 1. The zero-order valence-electron chi connectivity index (χ0n) is 14.4. The highest BCUT2D eigenvalue weighted by molar-refractivity contribution is 14.0. The van der Waals surface area contributed by atoms with Gasteiger partial charge in [-0.2, -0.15) is 0 Å². The van der Waals surface area contributed by atoms with Crippen molar-refractivity contribution in [3.63, 3.8) is 0 Å². The second kappa shape index (κ2) is 11.0. The minimum Gasteiger partial charge on any atom is -0.396 e. The zero-order valence-corrected chi connectivity index (χ0v) is 17.5. The molecule has 1 aromatic rings. The smallest absolute Gasteiger partial charge is 0.194 e. The van der Waals surface area contributed by atoms with Gasteiger partial charge < -0.3 is 20.2 Å². The van der Waals surface area contributed by atoms with Gasteiger partial charge in [0.25, 0.3) is 0 Å². The second-order valence-corrected chi connectivity index (χ2v) is 6.37. The third-order valence-electron chi connectivity index (χ3n) is 3.95. The molecular formula is C17H28ClIN4O. The van der Waals surface area contributed by atoms with Crippen molar-refractivity contribution in [3.05, 3.63) is 29.3 Å². The van der Waals surface area contributed by atoms with Crippen molar-refractivity contribution in [2.24, 2.45) is 10.9 Å². The summed E-state index contributed by atoms with van der Waals surface area (Å²) in [4.78, 5) is 9.29. The molecule has 1 aliphatic rings. The Balaban J connectivity index is 0.00000288. The molecule has 1 saturated heterocycles. The van der Waals surface area contributed by atoms with Gasteiger partial charge in [-0.05, 0) is 31.0 Å². The first-order valence-electron chi connectivity index (χ1n) is 8.28. The lowest BCUT2D eigenvalue weighted by atomic mass is 10.2. The molecule has 1 aromatic carbocycles. The van der Waals surface area contributed by atoms with Gasteiger partial charge in [-0.3, -0.25) is 4.99 Å². The topological polar surface area (TPSA) is 51.1 Å². The van der Waals surface area contributed by atoms with Crippen molar-refractivity contribution >= 4 is 47.2 Å². The average molecular weight is 467 g/mol. The van der Waals surface area contributed by atoms with Gasteiger partial charge in [-0.25, -0.2) is 0 Å². The van der Waals surface area contributed by atoms with Gasteiger partial charge in [-0.15, -0.1) is 24.0 Å². The number of nitrogens with one attached hydrogen (secondary N) is 1. The highest BCUT2D eigenvalue weighted by Gasteiger charge is 2.20. The average Bonchev–Trinajstić information content (AvgIpc) is 2.58. The fourth-order valence-corrected chi connectivity index (χ4v) is 2.76. The van der Waals surface area contributed by atoms with Crippen molar-refractivity contribution in [3.8, 4) is 0 Å². The summed E-state index contributed by atoms with van der Waals surface area (Å²) in [5, 5.41) is 13.3. The number of hydrogen-bond donors (Lipinski definition) is 2. The lowest BCUT2D eigenvalue weighted by molar-refractivity contribution is 0.241. The molecule has 2 N–H and O–H groups in total. The molecule has 1 unspecified atom stereocenters.